The maximum absolute atomic E-state index is 13.3. The summed E-state index contributed by atoms with van der Waals surface area (Å²) in [4.78, 5) is 29.6. The standard InChI is InChI=1S/C23H25N3O3S/c1-15-7-9-30-20(15)11-24-23(28)22-17-10-16(19-5-2-6-21(27)26(19)22)12-25(13-17)14-18-4-3-8-29-18/h2-9,16-17,22H,10-14H2,1H3,(H,24,28)/t16-,17+,22+/m0/s1. The van der Waals surface area contributed by atoms with Crippen molar-refractivity contribution in [3.8, 4) is 0 Å². The zero-order chi connectivity index (χ0) is 20.7. The minimum Gasteiger partial charge on any atom is -0.468 e. The summed E-state index contributed by atoms with van der Waals surface area (Å²) >= 11 is 1.65. The molecule has 3 aromatic rings. The number of carbonyl (C=O) groups excluding carboxylic acids is 1. The van der Waals surface area contributed by atoms with Gasteiger partial charge in [0.05, 0.1) is 19.4 Å². The Kier molecular flexibility index (Phi) is 5.08. The Balaban J connectivity index is 1.43. The molecule has 5 heterocycles. The van der Waals surface area contributed by atoms with Gasteiger partial charge in [-0.15, -0.1) is 11.3 Å². The van der Waals surface area contributed by atoms with Crippen molar-refractivity contribution in [1.29, 1.82) is 0 Å². The van der Waals surface area contributed by atoms with E-state index in [1.54, 1.807) is 28.2 Å². The zero-order valence-electron chi connectivity index (χ0n) is 16.9. The molecule has 2 aliphatic rings. The van der Waals surface area contributed by atoms with Crippen molar-refractivity contribution in [2.24, 2.45) is 5.92 Å². The number of nitrogens with one attached hydrogen (secondary N) is 1. The molecule has 1 N–H and O–H groups in total. The van der Waals surface area contributed by atoms with E-state index in [1.165, 1.54) is 5.56 Å². The number of likely N-dealkylation sites (tertiary alicyclic amines) is 1. The van der Waals surface area contributed by atoms with Crippen LogP contribution in [-0.4, -0.2) is 28.5 Å². The minimum absolute atomic E-state index is 0.0688. The van der Waals surface area contributed by atoms with Gasteiger partial charge in [0.2, 0.25) is 5.91 Å². The molecule has 3 aromatic heterocycles. The van der Waals surface area contributed by atoms with Gasteiger partial charge in [0.25, 0.3) is 5.56 Å². The number of aromatic nitrogens is 1. The van der Waals surface area contributed by atoms with Gasteiger partial charge in [0.15, 0.2) is 0 Å². The number of furan rings is 1. The SMILES string of the molecule is Cc1ccsc1CNC(=O)[C@H]1[C@@H]2C[C@@H](CN(Cc3ccco3)C2)c2cccc(=O)n21. The van der Waals surface area contributed by atoms with Crippen molar-refractivity contribution < 1.29 is 9.21 Å². The van der Waals surface area contributed by atoms with Crippen molar-refractivity contribution in [2.45, 2.75) is 38.4 Å². The van der Waals surface area contributed by atoms with Gasteiger partial charge in [-0.2, -0.15) is 0 Å². The first-order valence-corrected chi connectivity index (χ1v) is 11.2. The number of thiophene rings is 1. The number of nitrogens with zero attached hydrogens (tertiary/aromatic N) is 2. The highest BCUT2D eigenvalue weighted by molar-refractivity contribution is 7.10. The molecule has 0 saturated carbocycles. The monoisotopic (exact) mass is 423 g/mol. The van der Waals surface area contributed by atoms with Crippen LogP contribution in [0.2, 0.25) is 0 Å². The molecule has 1 amide bonds. The Morgan fingerprint density at radius 3 is 2.90 bits per heavy atom. The molecule has 0 aromatic carbocycles. The maximum atomic E-state index is 13.3. The molecular formula is C23H25N3O3S. The van der Waals surface area contributed by atoms with Crippen molar-refractivity contribution >= 4 is 17.2 Å². The van der Waals surface area contributed by atoms with Crippen LogP contribution in [0, 0.1) is 12.8 Å². The smallest absolute Gasteiger partial charge is 0.251 e. The molecule has 3 atom stereocenters. The van der Waals surface area contributed by atoms with E-state index >= 15 is 0 Å². The Labute approximate surface area is 179 Å². The lowest BCUT2D eigenvalue weighted by Gasteiger charge is -2.46. The molecule has 0 spiro atoms. The summed E-state index contributed by atoms with van der Waals surface area (Å²) in [5.41, 5.74) is 2.06. The fraction of sp³-hybridized carbons (Fsp3) is 0.391. The van der Waals surface area contributed by atoms with Crippen molar-refractivity contribution in [3.05, 3.63) is 80.3 Å². The lowest BCUT2D eigenvalue weighted by Crippen LogP contribution is -2.53. The summed E-state index contributed by atoms with van der Waals surface area (Å²) in [6.45, 7) is 4.91. The fourth-order valence-electron chi connectivity index (χ4n) is 4.97. The second-order valence-electron chi connectivity index (χ2n) is 8.31. The molecule has 7 heteroatoms. The van der Waals surface area contributed by atoms with Gasteiger partial charge in [-0.25, -0.2) is 0 Å². The summed E-state index contributed by atoms with van der Waals surface area (Å²) in [6, 6.07) is 10.8. The molecule has 0 radical (unpaired) electrons. The third-order valence-corrected chi connectivity index (χ3v) is 7.37. The third-order valence-electron chi connectivity index (χ3n) is 6.34. The molecule has 5 rings (SSSR count). The van der Waals surface area contributed by atoms with E-state index in [4.69, 9.17) is 4.42 Å². The highest BCUT2D eigenvalue weighted by atomic mass is 32.1. The fourth-order valence-corrected chi connectivity index (χ4v) is 5.82. The van der Waals surface area contributed by atoms with Gasteiger partial charge in [0.1, 0.15) is 11.8 Å². The van der Waals surface area contributed by atoms with Crippen LogP contribution in [0.3, 0.4) is 0 Å². The van der Waals surface area contributed by atoms with Crippen LogP contribution in [0.5, 0.6) is 0 Å². The van der Waals surface area contributed by atoms with Gasteiger partial charge < -0.3 is 9.73 Å². The molecule has 2 aliphatic heterocycles. The predicted molar refractivity (Wildman–Crippen MR) is 115 cm³/mol. The van der Waals surface area contributed by atoms with Gasteiger partial charge >= 0.3 is 0 Å². The van der Waals surface area contributed by atoms with Gasteiger partial charge in [-0.3, -0.25) is 19.1 Å². The van der Waals surface area contributed by atoms with E-state index in [9.17, 15) is 9.59 Å². The number of aryl methyl sites for hydroxylation is 1. The maximum Gasteiger partial charge on any atom is 0.251 e. The molecule has 156 valence electrons. The summed E-state index contributed by atoms with van der Waals surface area (Å²) in [6.07, 6.45) is 2.62. The summed E-state index contributed by atoms with van der Waals surface area (Å²) < 4.78 is 7.29. The molecule has 0 aliphatic carbocycles. The van der Waals surface area contributed by atoms with Crippen LogP contribution in [0.1, 0.15) is 40.3 Å². The molecule has 1 fully saturated rings. The molecular weight excluding hydrogens is 398 g/mol. The lowest BCUT2D eigenvalue weighted by atomic mass is 9.78. The van der Waals surface area contributed by atoms with Crippen LogP contribution < -0.4 is 10.9 Å². The highest BCUT2D eigenvalue weighted by Crippen LogP contribution is 2.41. The number of piperidine rings is 1. The summed E-state index contributed by atoms with van der Waals surface area (Å²) in [5, 5.41) is 5.14. The van der Waals surface area contributed by atoms with Crippen LogP contribution in [-0.2, 0) is 17.9 Å². The number of carbonyl (C=O) groups is 1. The van der Waals surface area contributed by atoms with Crippen LogP contribution >= 0.6 is 11.3 Å². The average Bonchev–Trinajstić information content (AvgIpc) is 3.39. The Hall–Kier alpha value is -2.64. The van der Waals surface area contributed by atoms with Crippen molar-refractivity contribution in [2.75, 3.05) is 13.1 Å². The predicted octanol–water partition coefficient (Wildman–Crippen LogP) is 3.29. The van der Waals surface area contributed by atoms with Crippen LogP contribution in [0.15, 0.2) is 57.3 Å². The lowest BCUT2D eigenvalue weighted by molar-refractivity contribution is -0.128. The molecule has 30 heavy (non-hydrogen) atoms. The number of amides is 1. The van der Waals surface area contributed by atoms with Gasteiger partial charge in [-0.05, 0) is 48.6 Å². The van der Waals surface area contributed by atoms with E-state index in [2.05, 4.69) is 23.2 Å². The zero-order valence-corrected chi connectivity index (χ0v) is 17.7. The summed E-state index contributed by atoms with van der Waals surface area (Å²) in [5.74, 6) is 1.20. The largest absolute Gasteiger partial charge is 0.468 e. The van der Waals surface area contributed by atoms with Crippen molar-refractivity contribution in [1.82, 2.24) is 14.8 Å². The topological polar surface area (TPSA) is 67.5 Å². The van der Waals surface area contributed by atoms with Crippen LogP contribution in [0.4, 0.5) is 0 Å². The third kappa shape index (κ3) is 3.52. The number of hydrogen-bond donors (Lipinski definition) is 1. The number of pyridine rings is 1. The highest BCUT2D eigenvalue weighted by Gasteiger charge is 2.43. The van der Waals surface area contributed by atoms with E-state index in [0.717, 1.165) is 42.4 Å². The second-order valence-corrected chi connectivity index (χ2v) is 9.32. The Morgan fingerprint density at radius 1 is 1.23 bits per heavy atom. The number of hydrogen-bond acceptors (Lipinski definition) is 5. The minimum atomic E-state index is -0.482. The first-order chi connectivity index (χ1) is 14.6. The second kappa shape index (κ2) is 7.89. The Bertz CT molecular complexity index is 1100. The molecule has 6 nitrogen and oxygen atoms in total. The number of rotatable bonds is 5. The van der Waals surface area contributed by atoms with E-state index in [0.29, 0.717) is 6.54 Å². The summed E-state index contributed by atoms with van der Waals surface area (Å²) in [7, 11) is 0. The molecule has 0 unspecified atom stereocenters. The Morgan fingerprint density at radius 2 is 2.13 bits per heavy atom. The first-order valence-electron chi connectivity index (χ1n) is 10.4. The number of fused-ring (bicyclic) bond motifs is 4. The quantitative estimate of drug-likeness (QED) is 0.684. The van der Waals surface area contributed by atoms with E-state index in [1.807, 2.05) is 29.6 Å². The van der Waals surface area contributed by atoms with Gasteiger partial charge in [0, 0.05) is 41.6 Å². The first kappa shape index (κ1) is 19.3. The van der Waals surface area contributed by atoms with E-state index in [-0.39, 0.29) is 23.3 Å². The molecule has 1 saturated heterocycles. The van der Waals surface area contributed by atoms with Crippen molar-refractivity contribution in [3.63, 3.8) is 0 Å². The van der Waals surface area contributed by atoms with Crippen LogP contribution in [0.25, 0.3) is 0 Å². The van der Waals surface area contributed by atoms with Gasteiger partial charge in [-0.1, -0.05) is 6.07 Å². The normalized spacial score (nSPS) is 23.2. The molecule has 2 bridgehead atoms. The average molecular weight is 424 g/mol. The van der Waals surface area contributed by atoms with E-state index < -0.39 is 6.04 Å².